The lowest BCUT2D eigenvalue weighted by Gasteiger charge is -2.36. The first-order valence-corrected chi connectivity index (χ1v) is 8.19. The molecule has 1 aromatic rings. The van der Waals surface area contributed by atoms with Gasteiger partial charge in [0.05, 0.1) is 12.5 Å². The van der Waals surface area contributed by atoms with Crippen molar-refractivity contribution >= 4 is 17.5 Å². The van der Waals surface area contributed by atoms with Crippen LogP contribution in [-0.4, -0.2) is 74.3 Å². The summed E-state index contributed by atoms with van der Waals surface area (Å²) in [6.07, 6.45) is 0.857. The van der Waals surface area contributed by atoms with Crippen LogP contribution < -0.4 is 9.80 Å². The van der Waals surface area contributed by atoms with E-state index in [9.17, 15) is 4.79 Å². The average molecular weight is 319 g/mol. The average Bonchev–Trinajstić information content (AvgIpc) is 3.08. The number of carbonyl (C=O) groups excluding carboxylic acids is 1. The van der Waals surface area contributed by atoms with Gasteiger partial charge < -0.3 is 19.4 Å². The second kappa shape index (κ2) is 6.70. The molecule has 2 aliphatic rings. The Morgan fingerprint density at radius 2 is 2.00 bits per heavy atom. The van der Waals surface area contributed by atoms with Gasteiger partial charge in [0.25, 0.3) is 0 Å². The zero-order valence-electron chi connectivity index (χ0n) is 14.2. The maximum Gasteiger partial charge on any atom is 0.228 e. The molecule has 3 heterocycles. The Kier molecular flexibility index (Phi) is 4.66. The maximum absolute atomic E-state index is 12.4. The lowest BCUT2D eigenvalue weighted by atomic mass is 10.1. The number of ether oxygens (including phenoxy) is 1. The fourth-order valence-electron chi connectivity index (χ4n) is 3.07. The van der Waals surface area contributed by atoms with E-state index in [1.807, 2.05) is 36.9 Å². The fourth-order valence-corrected chi connectivity index (χ4v) is 3.07. The Bertz CT molecular complexity index is 564. The van der Waals surface area contributed by atoms with E-state index < -0.39 is 0 Å². The van der Waals surface area contributed by atoms with E-state index in [2.05, 4.69) is 14.9 Å². The molecule has 0 N–H and O–H groups in total. The Morgan fingerprint density at radius 1 is 1.26 bits per heavy atom. The van der Waals surface area contributed by atoms with Gasteiger partial charge in [-0.1, -0.05) is 0 Å². The molecule has 0 saturated carbocycles. The SMILES string of the molecule is Cc1nc(N(C)C)cc(N2CCN(C(=O)C3CCOC3)CC2)n1. The minimum atomic E-state index is 0.0585. The number of piperazine rings is 1. The number of carbonyl (C=O) groups is 1. The van der Waals surface area contributed by atoms with Gasteiger partial charge in [-0.15, -0.1) is 0 Å². The van der Waals surface area contributed by atoms with E-state index >= 15 is 0 Å². The lowest BCUT2D eigenvalue weighted by Crippen LogP contribution is -2.50. The number of aromatic nitrogens is 2. The van der Waals surface area contributed by atoms with Crippen molar-refractivity contribution in [3.05, 3.63) is 11.9 Å². The van der Waals surface area contributed by atoms with E-state index in [0.29, 0.717) is 13.2 Å². The highest BCUT2D eigenvalue weighted by molar-refractivity contribution is 5.79. The van der Waals surface area contributed by atoms with Crippen molar-refractivity contribution in [1.82, 2.24) is 14.9 Å². The van der Waals surface area contributed by atoms with Crippen LogP contribution >= 0.6 is 0 Å². The molecule has 7 heteroatoms. The minimum absolute atomic E-state index is 0.0585. The van der Waals surface area contributed by atoms with Crippen LogP contribution in [0.25, 0.3) is 0 Å². The third kappa shape index (κ3) is 3.55. The van der Waals surface area contributed by atoms with Crippen molar-refractivity contribution in [3.63, 3.8) is 0 Å². The highest BCUT2D eigenvalue weighted by Crippen LogP contribution is 2.21. The number of anilines is 2. The molecule has 1 atom stereocenters. The summed E-state index contributed by atoms with van der Waals surface area (Å²) in [6, 6.07) is 2.01. The van der Waals surface area contributed by atoms with Crippen LogP contribution in [-0.2, 0) is 9.53 Å². The number of aryl methyl sites for hydroxylation is 1. The summed E-state index contributed by atoms with van der Waals surface area (Å²) in [7, 11) is 3.96. The molecule has 1 amide bonds. The van der Waals surface area contributed by atoms with Crippen molar-refractivity contribution in [2.75, 3.05) is 63.3 Å². The van der Waals surface area contributed by atoms with Crippen molar-refractivity contribution in [1.29, 1.82) is 0 Å². The number of hydrogen-bond acceptors (Lipinski definition) is 6. The van der Waals surface area contributed by atoms with E-state index in [1.165, 1.54) is 0 Å². The molecule has 126 valence electrons. The fraction of sp³-hybridized carbons (Fsp3) is 0.688. The second-order valence-corrected chi connectivity index (χ2v) is 6.40. The summed E-state index contributed by atoms with van der Waals surface area (Å²) < 4.78 is 5.33. The number of amides is 1. The van der Waals surface area contributed by atoms with Gasteiger partial charge in [0.15, 0.2) is 0 Å². The first-order chi connectivity index (χ1) is 11.0. The van der Waals surface area contributed by atoms with Crippen LogP contribution in [0.5, 0.6) is 0 Å². The number of nitrogens with zero attached hydrogens (tertiary/aromatic N) is 5. The molecule has 0 aromatic carbocycles. The molecular formula is C16H25N5O2. The van der Waals surface area contributed by atoms with Crippen LogP contribution in [0.4, 0.5) is 11.6 Å². The molecule has 0 aliphatic carbocycles. The summed E-state index contributed by atoms with van der Waals surface area (Å²) in [5, 5.41) is 0. The summed E-state index contributed by atoms with van der Waals surface area (Å²) >= 11 is 0. The van der Waals surface area contributed by atoms with Gasteiger partial charge in [0, 0.05) is 52.9 Å². The van der Waals surface area contributed by atoms with Crippen molar-refractivity contribution in [2.24, 2.45) is 5.92 Å². The molecule has 3 rings (SSSR count). The predicted molar refractivity (Wildman–Crippen MR) is 88.8 cm³/mol. The quantitative estimate of drug-likeness (QED) is 0.810. The standard InChI is InChI=1S/C16H25N5O2/c1-12-17-14(19(2)3)10-15(18-12)20-5-7-21(8-6-20)16(22)13-4-9-23-11-13/h10,13H,4-9,11H2,1-3H3. The summed E-state index contributed by atoms with van der Waals surface area (Å²) in [6.45, 7) is 6.31. The van der Waals surface area contributed by atoms with Gasteiger partial charge in [-0.05, 0) is 13.3 Å². The normalized spacial score (nSPS) is 21.6. The van der Waals surface area contributed by atoms with Crippen molar-refractivity contribution in [2.45, 2.75) is 13.3 Å². The molecule has 1 aromatic heterocycles. The Labute approximate surface area is 137 Å². The molecule has 2 aliphatic heterocycles. The largest absolute Gasteiger partial charge is 0.381 e. The third-order valence-electron chi connectivity index (χ3n) is 4.46. The summed E-state index contributed by atoms with van der Waals surface area (Å²) in [4.78, 5) is 27.6. The van der Waals surface area contributed by atoms with Crippen LogP contribution in [0.1, 0.15) is 12.2 Å². The molecule has 1 unspecified atom stereocenters. The Hall–Kier alpha value is -1.89. The molecule has 0 radical (unpaired) electrons. The molecule has 0 spiro atoms. The van der Waals surface area contributed by atoms with Gasteiger partial charge >= 0.3 is 0 Å². The van der Waals surface area contributed by atoms with Gasteiger partial charge in [-0.3, -0.25) is 4.79 Å². The van der Waals surface area contributed by atoms with E-state index in [4.69, 9.17) is 4.74 Å². The molecule has 23 heavy (non-hydrogen) atoms. The third-order valence-corrected chi connectivity index (χ3v) is 4.46. The van der Waals surface area contributed by atoms with Gasteiger partial charge in [0.1, 0.15) is 17.5 Å². The molecule has 7 nitrogen and oxygen atoms in total. The van der Waals surface area contributed by atoms with Gasteiger partial charge in [-0.25, -0.2) is 9.97 Å². The Morgan fingerprint density at radius 3 is 2.61 bits per heavy atom. The molecule has 2 fully saturated rings. The van der Waals surface area contributed by atoms with E-state index in [1.54, 1.807) is 0 Å². The zero-order chi connectivity index (χ0) is 16.4. The second-order valence-electron chi connectivity index (χ2n) is 6.40. The van der Waals surface area contributed by atoms with E-state index in [-0.39, 0.29) is 11.8 Å². The van der Waals surface area contributed by atoms with E-state index in [0.717, 1.165) is 50.1 Å². The lowest BCUT2D eigenvalue weighted by molar-refractivity contribution is -0.135. The molecule has 0 bridgehead atoms. The summed E-state index contributed by atoms with van der Waals surface area (Å²) in [5.41, 5.74) is 0. The molecular weight excluding hydrogens is 294 g/mol. The Balaban J connectivity index is 1.63. The minimum Gasteiger partial charge on any atom is -0.381 e. The number of rotatable bonds is 3. The first kappa shape index (κ1) is 16.0. The van der Waals surface area contributed by atoms with Gasteiger partial charge in [0.2, 0.25) is 5.91 Å². The zero-order valence-corrected chi connectivity index (χ0v) is 14.2. The monoisotopic (exact) mass is 319 g/mol. The van der Waals surface area contributed by atoms with Crippen LogP contribution in [0.2, 0.25) is 0 Å². The maximum atomic E-state index is 12.4. The van der Waals surface area contributed by atoms with Crippen LogP contribution in [0, 0.1) is 12.8 Å². The highest BCUT2D eigenvalue weighted by atomic mass is 16.5. The van der Waals surface area contributed by atoms with Crippen LogP contribution in [0.3, 0.4) is 0 Å². The predicted octanol–water partition coefficient (Wildman–Crippen LogP) is 0.536. The van der Waals surface area contributed by atoms with Crippen molar-refractivity contribution in [3.8, 4) is 0 Å². The van der Waals surface area contributed by atoms with Crippen LogP contribution in [0.15, 0.2) is 6.07 Å². The highest BCUT2D eigenvalue weighted by Gasteiger charge is 2.30. The topological polar surface area (TPSA) is 61.8 Å². The summed E-state index contributed by atoms with van der Waals surface area (Å²) in [5.74, 6) is 2.93. The smallest absolute Gasteiger partial charge is 0.228 e. The van der Waals surface area contributed by atoms with Crippen molar-refractivity contribution < 1.29 is 9.53 Å². The molecule has 2 saturated heterocycles. The first-order valence-electron chi connectivity index (χ1n) is 8.19. The van der Waals surface area contributed by atoms with Gasteiger partial charge in [-0.2, -0.15) is 0 Å². The number of hydrogen-bond donors (Lipinski definition) is 0.